The molecule has 0 aliphatic carbocycles. The van der Waals surface area contributed by atoms with Crippen LogP contribution in [0.1, 0.15) is 84.6 Å². The van der Waals surface area contributed by atoms with E-state index in [1.807, 2.05) is 13.0 Å². The molecule has 2 aromatic rings. The van der Waals surface area contributed by atoms with Crippen molar-refractivity contribution in [3.63, 3.8) is 0 Å². The number of aromatic nitrogens is 2. The number of carbonyl (C=O) groups is 3. The predicted molar refractivity (Wildman–Crippen MR) is 157 cm³/mol. The van der Waals surface area contributed by atoms with E-state index in [0.717, 1.165) is 45.6 Å². The summed E-state index contributed by atoms with van der Waals surface area (Å²) in [4.78, 5) is 46.4. The van der Waals surface area contributed by atoms with Gasteiger partial charge in [-0.05, 0) is 95.3 Å². The molecule has 5 heterocycles. The van der Waals surface area contributed by atoms with Gasteiger partial charge in [0.05, 0.1) is 5.97 Å². The summed E-state index contributed by atoms with van der Waals surface area (Å²) in [7, 11) is 0. The Morgan fingerprint density at radius 2 is 1.38 bits per heavy atom. The molecule has 48 heavy (non-hydrogen) atoms. The van der Waals surface area contributed by atoms with Crippen LogP contribution in [0.15, 0.2) is 34.9 Å². The van der Waals surface area contributed by atoms with E-state index >= 15 is 0 Å². The normalized spacial score (nSPS) is 23.0. The van der Waals surface area contributed by atoms with Gasteiger partial charge >= 0.3 is 106 Å². The van der Waals surface area contributed by atoms with Crippen molar-refractivity contribution >= 4 is 17.9 Å². The molecule has 1 radical (unpaired) electrons. The average molecular weight is 732 g/mol. The topological polar surface area (TPSA) is 173 Å². The molecule has 0 saturated carbocycles. The van der Waals surface area contributed by atoms with Crippen LogP contribution in [-0.4, -0.2) is 42.1 Å². The summed E-state index contributed by atoms with van der Waals surface area (Å²) in [5.41, 5.74) is 9.34. The van der Waals surface area contributed by atoms with Crippen LogP contribution in [0.5, 0.6) is 0 Å². The molecule has 3 aliphatic heterocycles. The zero-order valence-electron chi connectivity index (χ0n) is 29.3. The zero-order valence-corrected chi connectivity index (χ0v) is 36.2. The Balaban J connectivity index is 0.00000288. The van der Waals surface area contributed by atoms with Gasteiger partial charge in [0.2, 0.25) is 0 Å². The molecule has 3 aliphatic rings. The van der Waals surface area contributed by atoms with Gasteiger partial charge < -0.3 is 50.3 Å². The second-order valence-electron chi connectivity index (χ2n) is 12.4. The van der Waals surface area contributed by atoms with Gasteiger partial charge in [0.25, 0.3) is 0 Å². The number of fused-ring (bicyclic) bond motifs is 8. The minimum Gasteiger partial charge on any atom is -0.664 e. The molecule has 5 atom stereocenters. The first-order valence-corrected chi connectivity index (χ1v) is 15.3. The predicted octanol–water partition coefficient (Wildman–Crippen LogP) is -9.71. The fourth-order valence-corrected chi connectivity index (χ4v) is 7.68. The first-order valence-electron chi connectivity index (χ1n) is 15.3. The number of hydrogen-bond acceptors (Lipinski definition) is 8. The van der Waals surface area contributed by atoms with Gasteiger partial charge in [0, 0.05) is 36.1 Å². The number of rotatable bonds is 8. The van der Waals surface area contributed by atoms with Gasteiger partial charge in [-0.15, -0.1) is 0 Å². The molecule has 0 amide bonds. The smallest absolute Gasteiger partial charge is 0.664 e. The molecule has 0 fully saturated rings. The largest absolute Gasteiger partial charge is 2.00 e. The third kappa shape index (κ3) is 8.98. The molecule has 10 nitrogen and oxygen atoms in total. The van der Waals surface area contributed by atoms with Crippen molar-refractivity contribution in [1.29, 1.82) is 0 Å². The maximum atomic E-state index is 12.6. The minimum absolute atomic E-state index is 0. The average Bonchev–Trinajstić information content (AvgIpc) is 3.63. The monoisotopic (exact) mass is 731 g/mol. The summed E-state index contributed by atoms with van der Waals surface area (Å²) in [5, 5.41) is 43.5. The van der Waals surface area contributed by atoms with Crippen molar-refractivity contribution in [3.8, 4) is 0 Å². The van der Waals surface area contributed by atoms with Crippen LogP contribution in [0, 0.1) is 13.8 Å². The Labute approximate surface area is 359 Å². The third-order valence-electron chi connectivity index (χ3n) is 10.1. The van der Waals surface area contributed by atoms with Crippen LogP contribution in [0.2, 0.25) is 0 Å². The van der Waals surface area contributed by atoms with Crippen molar-refractivity contribution in [1.82, 2.24) is 20.6 Å². The number of carbonyl (C=O) groups excluding carboxylic acids is 3. The first-order chi connectivity index (χ1) is 20.9. The van der Waals surface area contributed by atoms with E-state index in [1.165, 1.54) is 0 Å². The van der Waals surface area contributed by atoms with Gasteiger partial charge in [-0.1, -0.05) is 47.4 Å². The van der Waals surface area contributed by atoms with Crippen LogP contribution in [0.3, 0.4) is 0 Å². The van der Waals surface area contributed by atoms with E-state index in [1.54, 1.807) is 6.92 Å². The minimum atomic E-state index is -1.38. The fraction of sp³-hybridized carbons (Fsp3) is 0.500. The molecule has 0 saturated heterocycles. The van der Waals surface area contributed by atoms with Crippen molar-refractivity contribution < 1.29 is 135 Å². The van der Waals surface area contributed by atoms with E-state index in [0.29, 0.717) is 41.8 Å². The van der Waals surface area contributed by atoms with E-state index in [9.17, 15) is 29.7 Å². The number of nitrogens with zero attached hydrogens (tertiary/aromatic N) is 2. The number of hydrogen-bond donors (Lipinski definition) is 2. The second kappa shape index (κ2) is 18.9. The van der Waals surface area contributed by atoms with Gasteiger partial charge in [0.15, 0.2) is 0 Å². The molecule has 8 bridgehead atoms. The van der Waals surface area contributed by atoms with E-state index in [2.05, 4.69) is 38.0 Å². The Bertz CT molecular complexity index is 1610. The number of carboxylic acid groups (broad SMARTS) is 3. The summed E-state index contributed by atoms with van der Waals surface area (Å²) in [6, 6.07) is -1.48. The van der Waals surface area contributed by atoms with Gasteiger partial charge in [-0.3, -0.25) is 0 Å². The molecule has 2 aromatic heterocycles. The summed E-state index contributed by atoms with van der Waals surface area (Å²) in [6.45, 7) is 13.9. The SMILES string of the molecule is C=CC1=C(C)C2Cc3[n-]c(c(CCC(=O)[O-])c3C)C(CC(=O)[O-])C3NC(Cc4[n-]c(c(C)c4CC)CC1N2)C(C)=C3C(=O)[O-].[Cu+2].[Na+].[Na+].[Na+]. The standard InChI is InChI=1S/C34H42N4O6.Cu.3Na/c1-7-19-15(3)23-12-25-17(5)21(9-10-29(39)40)32(37-25)22(11-30(41)42)33-31(34(43)44)18(6)26(38-33)14-28-20(8-2)16(4)24(36-28)13-27(19)35-23;;;;/h7,22-23,26-27,33,35,38H,1,8-14H2,2-6H3,(H,39,40)(H,41,42)(H,43,44);;;;/q-2;+2;3*+1/p-3. The molecule has 5 rings (SSSR count). The maximum Gasteiger partial charge on any atom is 2.00 e. The summed E-state index contributed by atoms with van der Waals surface area (Å²) < 4.78 is 0. The number of nitrogens with one attached hydrogen (secondary N) is 2. The van der Waals surface area contributed by atoms with Gasteiger partial charge in [0.1, 0.15) is 0 Å². The summed E-state index contributed by atoms with van der Waals surface area (Å²) >= 11 is 0. The van der Waals surface area contributed by atoms with Crippen molar-refractivity contribution in [2.45, 2.75) is 110 Å². The van der Waals surface area contributed by atoms with Crippen LogP contribution >= 0.6 is 0 Å². The van der Waals surface area contributed by atoms with Crippen LogP contribution in [0.4, 0.5) is 0 Å². The van der Waals surface area contributed by atoms with Crippen molar-refractivity contribution in [2.75, 3.05) is 0 Å². The zero-order chi connectivity index (χ0) is 32.0. The van der Waals surface area contributed by atoms with Crippen LogP contribution in [0.25, 0.3) is 0 Å². The quantitative estimate of drug-likeness (QED) is 0.249. The van der Waals surface area contributed by atoms with E-state index in [4.69, 9.17) is 9.97 Å². The molecule has 245 valence electrons. The Morgan fingerprint density at radius 3 is 1.94 bits per heavy atom. The maximum absolute atomic E-state index is 12.6. The van der Waals surface area contributed by atoms with Gasteiger partial charge in [-0.25, -0.2) is 0 Å². The molecule has 0 aromatic carbocycles. The Kier molecular flexibility index (Phi) is 18.0. The molecular formula is C34H39CuN4Na3O6. The molecule has 5 unspecified atom stereocenters. The van der Waals surface area contributed by atoms with Crippen molar-refractivity contribution in [3.05, 3.63) is 80.0 Å². The third-order valence-corrected chi connectivity index (χ3v) is 10.1. The Morgan fingerprint density at radius 1 is 0.812 bits per heavy atom. The molecule has 2 N–H and O–H groups in total. The van der Waals surface area contributed by atoms with E-state index in [-0.39, 0.29) is 136 Å². The van der Waals surface area contributed by atoms with Crippen LogP contribution in [-0.2, 0) is 63.6 Å². The Hall–Kier alpha value is -0.371. The number of carboxylic acids is 3. The summed E-state index contributed by atoms with van der Waals surface area (Å²) in [6.07, 6.45) is 3.49. The van der Waals surface area contributed by atoms with Gasteiger partial charge in [-0.2, -0.15) is 22.8 Å². The first kappa shape index (κ1) is 45.7. The number of aliphatic carboxylic acids is 3. The molecule has 0 spiro atoms. The molecule has 14 heteroatoms. The second-order valence-corrected chi connectivity index (χ2v) is 12.4. The summed E-state index contributed by atoms with van der Waals surface area (Å²) in [5.74, 6) is -4.92. The van der Waals surface area contributed by atoms with E-state index < -0.39 is 42.3 Å². The fourth-order valence-electron chi connectivity index (χ4n) is 7.68. The van der Waals surface area contributed by atoms with Crippen molar-refractivity contribution in [2.24, 2.45) is 0 Å². The molecular weight excluding hydrogens is 693 g/mol. The van der Waals surface area contributed by atoms with Crippen LogP contribution < -0.4 is 125 Å².